The van der Waals surface area contributed by atoms with Gasteiger partial charge in [0.05, 0.1) is 6.61 Å². The van der Waals surface area contributed by atoms with E-state index in [9.17, 15) is 4.79 Å². The highest BCUT2D eigenvalue weighted by Gasteiger charge is 2.11. The first-order valence-electron chi connectivity index (χ1n) is 7.41. The third-order valence-corrected chi connectivity index (χ3v) is 3.96. The zero-order valence-corrected chi connectivity index (χ0v) is 15.9. The number of hydrogen-bond donors (Lipinski definition) is 2. The number of thiazole rings is 1. The second-order valence-corrected chi connectivity index (χ2v) is 5.61. The molecule has 8 heteroatoms. The van der Waals surface area contributed by atoms with Gasteiger partial charge in [0, 0.05) is 17.5 Å². The maximum atomic E-state index is 12.0. The molecule has 0 aliphatic heterocycles. The molecule has 1 aromatic carbocycles. The van der Waals surface area contributed by atoms with Crippen molar-refractivity contribution in [3.63, 3.8) is 0 Å². The molecule has 0 saturated carbocycles. The van der Waals surface area contributed by atoms with Crippen molar-refractivity contribution in [1.29, 1.82) is 0 Å². The number of unbranched alkanes of at least 4 members (excludes halogenated alkanes) is 1. The van der Waals surface area contributed by atoms with Crippen molar-refractivity contribution in [3.05, 3.63) is 35.3 Å². The Hall–Kier alpha value is -1.34. The summed E-state index contributed by atoms with van der Waals surface area (Å²) >= 11 is 1.46. The van der Waals surface area contributed by atoms with Gasteiger partial charge in [-0.3, -0.25) is 4.79 Å². The standard InChI is InChI=1S/C16H21N3O2S.2ClH/c1-2-21-13-7-5-12(6-8-13)16-19-14(11-22-16)15(20)18-10-4-3-9-17;;/h5-8,11H,2-4,9-10,17H2,1H3,(H,18,20);2*1H. The highest BCUT2D eigenvalue weighted by molar-refractivity contribution is 7.13. The number of hydrogen-bond acceptors (Lipinski definition) is 5. The first kappa shape index (κ1) is 22.7. The average Bonchev–Trinajstić information content (AvgIpc) is 3.02. The van der Waals surface area contributed by atoms with Crippen LogP contribution in [0.3, 0.4) is 0 Å². The Morgan fingerprint density at radius 2 is 1.96 bits per heavy atom. The van der Waals surface area contributed by atoms with Gasteiger partial charge in [-0.25, -0.2) is 4.98 Å². The molecule has 0 fully saturated rings. The Balaban J connectivity index is 0.00000264. The molecule has 1 aromatic heterocycles. The zero-order chi connectivity index (χ0) is 15.8. The lowest BCUT2D eigenvalue weighted by molar-refractivity contribution is 0.0949. The lowest BCUT2D eigenvalue weighted by Gasteiger charge is -2.03. The lowest BCUT2D eigenvalue weighted by atomic mass is 10.2. The largest absolute Gasteiger partial charge is 0.494 e. The number of carbonyl (C=O) groups excluding carboxylic acids is 1. The van der Waals surface area contributed by atoms with E-state index in [0.717, 1.165) is 29.2 Å². The highest BCUT2D eigenvalue weighted by atomic mass is 35.5. The number of halogens is 2. The van der Waals surface area contributed by atoms with E-state index in [1.54, 1.807) is 5.38 Å². The molecular formula is C16H23Cl2N3O2S. The summed E-state index contributed by atoms with van der Waals surface area (Å²) in [6, 6.07) is 7.72. The van der Waals surface area contributed by atoms with E-state index in [0.29, 0.717) is 25.4 Å². The molecule has 0 unspecified atom stereocenters. The van der Waals surface area contributed by atoms with Gasteiger partial charge in [0.1, 0.15) is 16.5 Å². The molecule has 0 atom stereocenters. The third kappa shape index (κ3) is 6.65. The van der Waals surface area contributed by atoms with Gasteiger partial charge < -0.3 is 15.8 Å². The van der Waals surface area contributed by atoms with Crippen LogP contribution in [0.15, 0.2) is 29.6 Å². The van der Waals surface area contributed by atoms with Gasteiger partial charge in [-0.1, -0.05) is 0 Å². The van der Waals surface area contributed by atoms with Crippen molar-refractivity contribution in [2.24, 2.45) is 5.73 Å². The van der Waals surface area contributed by atoms with E-state index >= 15 is 0 Å². The van der Waals surface area contributed by atoms with Gasteiger partial charge in [-0.05, 0) is 50.6 Å². The minimum atomic E-state index is -0.134. The summed E-state index contributed by atoms with van der Waals surface area (Å²) in [5.74, 6) is 0.700. The molecule has 134 valence electrons. The molecule has 5 nitrogen and oxygen atoms in total. The van der Waals surface area contributed by atoms with Gasteiger partial charge in [0.2, 0.25) is 0 Å². The Morgan fingerprint density at radius 1 is 1.25 bits per heavy atom. The lowest BCUT2D eigenvalue weighted by Crippen LogP contribution is -2.25. The molecule has 0 bridgehead atoms. The predicted molar refractivity (Wildman–Crippen MR) is 104 cm³/mol. The van der Waals surface area contributed by atoms with Gasteiger partial charge in [-0.2, -0.15) is 0 Å². The van der Waals surface area contributed by atoms with Crippen LogP contribution >= 0.6 is 36.2 Å². The number of nitrogens with one attached hydrogen (secondary N) is 1. The van der Waals surface area contributed by atoms with Crippen LogP contribution in [0.1, 0.15) is 30.3 Å². The summed E-state index contributed by atoms with van der Waals surface area (Å²) in [5, 5.41) is 5.46. The van der Waals surface area contributed by atoms with Crippen LogP contribution in [-0.2, 0) is 0 Å². The Morgan fingerprint density at radius 3 is 2.58 bits per heavy atom. The van der Waals surface area contributed by atoms with Crippen molar-refractivity contribution in [3.8, 4) is 16.3 Å². The number of aromatic nitrogens is 1. The van der Waals surface area contributed by atoms with Crippen molar-refractivity contribution in [2.45, 2.75) is 19.8 Å². The van der Waals surface area contributed by atoms with Crippen molar-refractivity contribution in [1.82, 2.24) is 10.3 Å². The van der Waals surface area contributed by atoms with Gasteiger partial charge in [-0.15, -0.1) is 36.2 Å². The van der Waals surface area contributed by atoms with Crippen LogP contribution in [-0.4, -0.2) is 30.6 Å². The topological polar surface area (TPSA) is 77.2 Å². The highest BCUT2D eigenvalue weighted by Crippen LogP contribution is 2.25. The smallest absolute Gasteiger partial charge is 0.270 e. The Kier molecular flexibility index (Phi) is 11.4. The average molecular weight is 392 g/mol. The van der Waals surface area contributed by atoms with Crippen LogP contribution in [0.5, 0.6) is 5.75 Å². The summed E-state index contributed by atoms with van der Waals surface area (Å²) in [6.07, 6.45) is 1.80. The first-order valence-corrected chi connectivity index (χ1v) is 8.29. The summed E-state index contributed by atoms with van der Waals surface area (Å²) in [7, 11) is 0. The number of nitrogens with zero attached hydrogens (tertiary/aromatic N) is 1. The van der Waals surface area contributed by atoms with Gasteiger partial charge >= 0.3 is 0 Å². The molecule has 0 radical (unpaired) electrons. The van der Waals surface area contributed by atoms with E-state index in [4.69, 9.17) is 10.5 Å². The molecule has 24 heavy (non-hydrogen) atoms. The summed E-state index contributed by atoms with van der Waals surface area (Å²) in [4.78, 5) is 16.4. The van der Waals surface area contributed by atoms with Crippen molar-refractivity contribution in [2.75, 3.05) is 19.7 Å². The number of rotatable bonds is 8. The second kappa shape index (κ2) is 12.1. The molecule has 0 saturated heterocycles. The third-order valence-electron chi connectivity index (χ3n) is 3.07. The molecular weight excluding hydrogens is 369 g/mol. The fourth-order valence-corrected chi connectivity index (χ4v) is 2.74. The number of amides is 1. The SMILES string of the molecule is CCOc1ccc(-c2nc(C(=O)NCCCCN)cs2)cc1.Cl.Cl. The zero-order valence-electron chi connectivity index (χ0n) is 13.5. The Labute approximate surface area is 158 Å². The molecule has 2 rings (SSSR count). The van der Waals surface area contributed by atoms with Gasteiger partial charge in [0.25, 0.3) is 5.91 Å². The van der Waals surface area contributed by atoms with Gasteiger partial charge in [0.15, 0.2) is 0 Å². The maximum Gasteiger partial charge on any atom is 0.270 e. The van der Waals surface area contributed by atoms with E-state index < -0.39 is 0 Å². The summed E-state index contributed by atoms with van der Waals surface area (Å²) in [5.41, 5.74) is 6.86. The monoisotopic (exact) mass is 391 g/mol. The quantitative estimate of drug-likeness (QED) is 0.674. The van der Waals surface area contributed by atoms with Crippen LogP contribution in [0.25, 0.3) is 10.6 Å². The number of carbonyl (C=O) groups is 1. The van der Waals surface area contributed by atoms with Crippen LogP contribution in [0.4, 0.5) is 0 Å². The normalized spacial score (nSPS) is 9.58. The molecule has 0 spiro atoms. The minimum absolute atomic E-state index is 0. The summed E-state index contributed by atoms with van der Waals surface area (Å²) < 4.78 is 5.41. The van der Waals surface area contributed by atoms with Crippen LogP contribution in [0, 0.1) is 0 Å². The van der Waals surface area contributed by atoms with Crippen molar-refractivity contribution < 1.29 is 9.53 Å². The van der Waals surface area contributed by atoms with E-state index in [-0.39, 0.29) is 30.7 Å². The number of ether oxygens (including phenoxy) is 1. The minimum Gasteiger partial charge on any atom is -0.494 e. The molecule has 0 aliphatic carbocycles. The van der Waals surface area contributed by atoms with E-state index in [1.807, 2.05) is 31.2 Å². The molecule has 3 N–H and O–H groups in total. The van der Waals surface area contributed by atoms with E-state index in [1.165, 1.54) is 11.3 Å². The number of benzene rings is 1. The number of nitrogens with two attached hydrogens (primary N) is 1. The summed E-state index contributed by atoms with van der Waals surface area (Å²) in [6.45, 7) is 3.87. The molecule has 2 aromatic rings. The predicted octanol–water partition coefficient (Wildman–Crippen LogP) is 3.52. The molecule has 0 aliphatic rings. The van der Waals surface area contributed by atoms with E-state index in [2.05, 4.69) is 10.3 Å². The first-order chi connectivity index (χ1) is 10.7. The fraction of sp³-hybridized carbons (Fsp3) is 0.375. The Bertz CT molecular complexity index is 606. The molecule has 1 amide bonds. The second-order valence-electron chi connectivity index (χ2n) is 4.75. The van der Waals surface area contributed by atoms with Crippen LogP contribution in [0.2, 0.25) is 0 Å². The maximum absolute atomic E-state index is 12.0. The molecule has 1 heterocycles. The van der Waals surface area contributed by atoms with Crippen molar-refractivity contribution >= 4 is 42.1 Å². The van der Waals surface area contributed by atoms with Crippen LogP contribution < -0.4 is 15.8 Å². The fourth-order valence-electron chi connectivity index (χ4n) is 1.93.